The molecule has 0 radical (unpaired) electrons. The zero-order valence-corrected chi connectivity index (χ0v) is 14.8. The number of aromatic amines is 1. The molecule has 0 atom stereocenters. The third kappa shape index (κ3) is 2.83. The molecule has 2 N–H and O–H groups in total. The molecule has 0 fully saturated rings. The van der Waals surface area contributed by atoms with E-state index < -0.39 is 15.8 Å². The molecular weight excluding hydrogens is 354 g/mol. The summed E-state index contributed by atoms with van der Waals surface area (Å²) in [5.41, 5.74) is 2.87. The van der Waals surface area contributed by atoms with Crippen molar-refractivity contribution in [2.45, 2.75) is 11.3 Å². The summed E-state index contributed by atoms with van der Waals surface area (Å²) >= 11 is 0. The van der Waals surface area contributed by atoms with Crippen LogP contribution >= 0.6 is 0 Å². The van der Waals surface area contributed by atoms with E-state index in [4.69, 9.17) is 4.42 Å². The van der Waals surface area contributed by atoms with E-state index in [1.54, 1.807) is 13.1 Å². The van der Waals surface area contributed by atoms with E-state index in [1.165, 1.54) is 16.7 Å². The summed E-state index contributed by atoms with van der Waals surface area (Å²) in [7, 11) is -2.12. The first-order valence-electron chi connectivity index (χ1n) is 8.10. The van der Waals surface area contributed by atoms with Gasteiger partial charge in [-0.2, -0.15) is 0 Å². The molecule has 2 aromatic carbocycles. The number of para-hydroxylation sites is 1. The summed E-state index contributed by atoms with van der Waals surface area (Å²) in [5, 5.41) is 1.08. The summed E-state index contributed by atoms with van der Waals surface area (Å²) in [6, 6.07) is 12.3. The predicted octanol–water partition coefficient (Wildman–Crippen LogP) is 2.13. The number of nitrogens with zero attached hydrogens (tertiary/aromatic N) is 1. The fourth-order valence-electron chi connectivity index (χ4n) is 3.02. The van der Waals surface area contributed by atoms with Crippen LogP contribution in [0.3, 0.4) is 0 Å². The van der Waals surface area contributed by atoms with Gasteiger partial charge >= 0.3 is 5.76 Å². The van der Waals surface area contributed by atoms with E-state index in [0.29, 0.717) is 11.9 Å². The second-order valence-corrected chi connectivity index (χ2v) is 7.83. The van der Waals surface area contributed by atoms with E-state index in [9.17, 15) is 13.2 Å². The topological polar surface area (TPSA) is 97.1 Å². The van der Waals surface area contributed by atoms with Gasteiger partial charge in [0.05, 0.1) is 10.4 Å². The van der Waals surface area contributed by atoms with E-state index in [1.807, 2.05) is 30.5 Å². The van der Waals surface area contributed by atoms with Gasteiger partial charge in [-0.1, -0.05) is 18.2 Å². The maximum Gasteiger partial charge on any atom is 0.419 e. The van der Waals surface area contributed by atoms with Crippen molar-refractivity contribution >= 4 is 32.0 Å². The minimum Gasteiger partial charge on any atom is -0.408 e. The number of benzene rings is 2. The van der Waals surface area contributed by atoms with Crippen LogP contribution in [-0.2, 0) is 23.5 Å². The number of hydrogen-bond acceptors (Lipinski definition) is 4. The number of sulfonamides is 1. The number of nitrogens with one attached hydrogen (secondary N) is 2. The number of oxazole rings is 1. The highest BCUT2D eigenvalue weighted by molar-refractivity contribution is 7.89. The largest absolute Gasteiger partial charge is 0.419 e. The van der Waals surface area contributed by atoms with Gasteiger partial charge in [0.25, 0.3) is 0 Å². The van der Waals surface area contributed by atoms with Gasteiger partial charge < -0.3 is 9.40 Å². The molecule has 8 heteroatoms. The minimum absolute atomic E-state index is 0.0678. The molecule has 134 valence electrons. The number of H-pyrrole nitrogens is 1. The Bertz CT molecular complexity index is 1260. The molecule has 7 nitrogen and oxygen atoms in total. The summed E-state index contributed by atoms with van der Waals surface area (Å²) in [6.07, 6.45) is 2.45. The van der Waals surface area contributed by atoms with Crippen molar-refractivity contribution in [2.75, 3.05) is 6.54 Å². The lowest BCUT2D eigenvalue weighted by atomic mass is 10.1. The van der Waals surface area contributed by atoms with Gasteiger partial charge in [-0.25, -0.2) is 17.9 Å². The van der Waals surface area contributed by atoms with Gasteiger partial charge in [-0.15, -0.1) is 0 Å². The Morgan fingerprint density at radius 1 is 1.19 bits per heavy atom. The highest BCUT2D eigenvalue weighted by atomic mass is 32.2. The van der Waals surface area contributed by atoms with Crippen molar-refractivity contribution in [3.05, 3.63) is 64.8 Å². The molecule has 0 aliphatic heterocycles. The number of aromatic nitrogens is 2. The van der Waals surface area contributed by atoms with Crippen LogP contribution < -0.4 is 10.5 Å². The van der Waals surface area contributed by atoms with E-state index >= 15 is 0 Å². The van der Waals surface area contributed by atoms with Crippen molar-refractivity contribution in [3.8, 4) is 0 Å². The highest BCUT2D eigenvalue weighted by Gasteiger charge is 2.16. The number of rotatable bonds is 5. The van der Waals surface area contributed by atoms with Gasteiger partial charge in [0.2, 0.25) is 10.0 Å². The van der Waals surface area contributed by atoms with Crippen LogP contribution in [0.2, 0.25) is 0 Å². The van der Waals surface area contributed by atoms with Crippen LogP contribution in [0.25, 0.3) is 22.0 Å². The third-order valence-corrected chi connectivity index (χ3v) is 5.89. The average molecular weight is 371 g/mol. The average Bonchev–Trinajstić information content (AvgIpc) is 3.16. The highest BCUT2D eigenvalue weighted by Crippen LogP contribution is 2.19. The molecule has 0 bridgehead atoms. The number of fused-ring (bicyclic) bond motifs is 2. The standard InChI is InChI=1S/C18H17N3O4S/c1-21-16-7-6-13(10-17(16)25-18(21)22)26(23,24)20-9-8-12-11-19-15-5-3-2-4-14(12)15/h2-7,10-11,19-20H,8-9H2,1H3. The van der Waals surface area contributed by atoms with Crippen molar-refractivity contribution < 1.29 is 12.8 Å². The Hall–Kier alpha value is -2.84. The second kappa shape index (κ2) is 6.15. The van der Waals surface area contributed by atoms with Crippen LogP contribution in [0.4, 0.5) is 0 Å². The van der Waals surface area contributed by atoms with Gasteiger partial charge in [0.15, 0.2) is 5.58 Å². The molecular formula is C18H17N3O4S. The Kier molecular flexibility index (Phi) is 3.93. The lowest BCUT2D eigenvalue weighted by molar-refractivity contribution is 0.527. The van der Waals surface area contributed by atoms with Crippen molar-refractivity contribution in [3.63, 3.8) is 0 Å². The Morgan fingerprint density at radius 3 is 2.85 bits per heavy atom. The first-order chi connectivity index (χ1) is 12.5. The van der Waals surface area contributed by atoms with E-state index in [-0.39, 0.29) is 17.0 Å². The molecule has 26 heavy (non-hydrogen) atoms. The lowest BCUT2D eigenvalue weighted by Gasteiger charge is -2.06. The molecule has 0 aliphatic carbocycles. The Morgan fingerprint density at radius 2 is 2.00 bits per heavy atom. The van der Waals surface area contributed by atoms with Crippen LogP contribution in [0, 0.1) is 0 Å². The summed E-state index contributed by atoms with van der Waals surface area (Å²) in [6.45, 7) is 0.265. The van der Waals surface area contributed by atoms with Crippen LogP contribution in [0.5, 0.6) is 0 Å². The zero-order valence-electron chi connectivity index (χ0n) is 14.0. The molecule has 4 rings (SSSR count). The zero-order chi connectivity index (χ0) is 18.3. The quantitative estimate of drug-likeness (QED) is 0.562. The summed E-state index contributed by atoms with van der Waals surface area (Å²) < 4.78 is 34.0. The molecule has 0 amide bonds. The van der Waals surface area contributed by atoms with Gasteiger partial charge in [0.1, 0.15) is 0 Å². The molecule has 4 aromatic rings. The van der Waals surface area contributed by atoms with Crippen molar-refractivity contribution in [1.82, 2.24) is 14.3 Å². The van der Waals surface area contributed by atoms with Crippen LogP contribution in [-0.4, -0.2) is 24.5 Å². The fraction of sp³-hybridized carbons (Fsp3) is 0.167. The molecule has 2 heterocycles. The Balaban J connectivity index is 1.53. The van der Waals surface area contributed by atoms with E-state index in [0.717, 1.165) is 16.5 Å². The third-order valence-electron chi connectivity index (χ3n) is 4.44. The van der Waals surface area contributed by atoms with Gasteiger partial charge in [-0.3, -0.25) is 4.57 Å². The van der Waals surface area contributed by atoms with Crippen molar-refractivity contribution in [1.29, 1.82) is 0 Å². The van der Waals surface area contributed by atoms with Crippen LogP contribution in [0.15, 0.2) is 62.8 Å². The Labute approximate surface area is 149 Å². The monoisotopic (exact) mass is 371 g/mol. The summed E-state index contributed by atoms with van der Waals surface area (Å²) in [4.78, 5) is 14.8. The van der Waals surface area contributed by atoms with Gasteiger partial charge in [0, 0.05) is 36.8 Å². The summed E-state index contributed by atoms with van der Waals surface area (Å²) in [5.74, 6) is -0.526. The molecule has 0 aliphatic rings. The SMILES string of the molecule is Cn1c(=O)oc2cc(S(=O)(=O)NCCc3c[nH]c4ccccc34)ccc21. The molecule has 0 saturated carbocycles. The number of hydrogen-bond donors (Lipinski definition) is 2. The molecule has 2 aromatic heterocycles. The first-order valence-corrected chi connectivity index (χ1v) is 9.58. The maximum atomic E-state index is 12.5. The van der Waals surface area contributed by atoms with Crippen LogP contribution in [0.1, 0.15) is 5.56 Å². The minimum atomic E-state index is -3.69. The smallest absolute Gasteiger partial charge is 0.408 e. The van der Waals surface area contributed by atoms with Gasteiger partial charge in [-0.05, 0) is 30.2 Å². The molecule has 0 unspecified atom stereocenters. The maximum absolute atomic E-state index is 12.5. The first kappa shape index (κ1) is 16.6. The molecule has 0 saturated heterocycles. The van der Waals surface area contributed by atoms with E-state index in [2.05, 4.69) is 9.71 Å². The number of aryl methyl sites for hydroxylation is 1. The fourth-order valence-corrected chi connectivity index (χ4v) is 4.07. The second-order valence-electron chi connectivity index (χ2n) is 6.06. The normalized spacial score (nSPS) is 12.2. The predicted molar refractivity (Wildman–Crippen MR) is 98.6 cm³/mol. The molecule has 0 spiro atoms. The lowest BCUT2D eigenvalue weighted by Crippen LogP contribution is -2.25. The van der Waals surface area contributed by atoms with Crippen molar-refractivity contribution in [2.24, 2.45) is 7.05 Å².